The molecule has 0 aliphatic rings. The number of pyridine rings is 1. The average Bonchev–Trinajstić information content (AvgIpc) is 2.72. The lowest BCUT2D eigenvalue weighted by molar-refractivity contribution is 0.0950. The minimum absolute atomic E-state index is 0.192. The van der Waals surface area contributed by atoms with Crippen molar-refractivity contribution in [1.29, 1.82) is 0 Å². The first-order valence-corrected chi connectivity index (χ1v) is 9.10. The van der Waals surface area contributed by atoms with Crippen LogP contribution in [0.15, 0.2) is 71.3 Å². The second kappa shape index (κ2) is 9.02. The summed E-state index contributed by atoms with van der Waals surface area (Å²) in [7, 11) is 0. The van der Waals surface area contributed by atoms with Crippen LogP contribution in [-0.2, 0) is 13.2 Å². The van der Waals surface area contributed by atoms with Gasteiger partial charge in [-0.25, -0.2) is 4.98 Å². The maximum Gasteiger partial charge on any atom is 0.253 e. The number of ether oxygens (including phenoxy) is 1. The summed E-state index contributed by atoms with van der Waals surface area (Å²) in [5.41, 5.74) is 3.31. The van der Waals surface area contributed by atoms with E-state index in [1.807, 2.05) is 48.5 Å². The predicted molar refractivity (Wildman–Crippen MR) is 108 cm³/mol. The van der Waals surface area contributed by atoms with Crippen molar-refractivity contribution in [3.63, 3.8) is 0 Å². The zero-order valence-electron chi connectivity index (χ0n) is 14.5. The summed E-state index contributed by atoms with van der Waals surface area (Å²) in [5, 5.41) is 2.86. The van der Waals surface area contributed by atoms with E-state index in [2.05, 4.69) is 32.2 Å². The first kappa shape index (κ1) is 18.7. The zero-order chi connectivity index (χ0) is 19.1. The van der Waals surface area contributed by atoms with E-state index in [0.29, 0.717) is 24.6 Å². The molecule has 5 heteroatoms. The number of terminal acetylenes is 1. The van der Waals surface area contributed by atoms with E-state index in [1.165, 1.54) is 6.20 Å². The van der Waals surface area contributed by atoms with Crippen LogP contribution in [0.4, 0.5) is 0 Å². The molecule has 0 aliphatic heterocycles. The Labute approximate surface area is 166 Å². The summed E-state index contributed by atoms with van der Waals surface area (Å²) >= 11 is 3.40. The normalized spacial score (nSPS) is 10.1. The lowest BCUT2D eigenvalue weighted by atomic mass is 10.1. The first-order chi connectivity index (χ1) is 13.1. The molecule has 1 N–H and O–H groups in total. The van der Waals surface area contributed by atoms with Gasteiger partial charge < -0.3 is 10.1 Å². The van der Waals surface area contributed by atoms with Crippen LogP contribution in [0.2, 0.25) is 0 Å². The van der Waals surface area contributed by atoms with Gasteiger partial charge in [0.25, 0.3) is 5.91 Å². The van der Waals surface area contributed by atoms with Gasteiger partial charge in [-0.05, 0) is 41.5 Å². The van der Waals surface area contributed by atoms with Gasteiger partial charge in [-0.15, -0.1) is 6.42 Å². The highest BCUT2D eigenvalue weighted by Crippen LogP contribution is 2.14. The molecule has 0 bridgehead atoms. The summed E-state index contributed by atoms with van der Waals surface area (Å²) < 4.78 is 6.66. The highest BCUT2D eigenvalue weighted by atomic mass is 79.9. The van der Waals surface area contributed by atoms with Crippen LogP contribution in [0.5, 0.6) is 5.88 Å². The molecule has 27 heavy (non-hydrogen) atoms. The molecule has 0 spiro atoms. The molecule has 3 aromatic rings. The number of halogens is 1. The van der Waals surface area contributed by atoms with Crippen LogP contribution >= 0.6 is 15.9 Å². The van der Waals surface area contributed by atoms with Crippen molar-refractivity contribution in [2.75, 3.05) is 0 Å². The van der Waals surface area contributed by atoms with E-state index in [9.17, 15) is 4.79 Å². The number of aromatic nitrogens is 1. The van der Waals surface area contributed by atoms with Crippen LogP contribution in [0, 0.1) is 12.3 Å². The van der Waals surface area contributed by atoms with Gasteiger partial charge in [0.05, 0.1) is 5.56 Å². The second-order valence-electron chi connectivity index (χ2n) is 5.82. The third kappa shape index (κ3) is 5.44. The minimum atomic E-state index is -0.192. The van der Waals surface area contributed by atoms with Gasteiger partial charge in [-0.3, -0.25) is 4.79 Å². The van der Waals surface area contributed by atoms with E-state index in [1.54, 1.807) is 12.1 Å². The van der Waals surface area contributed by atoms with Crippen LogP contribution < -0.4 is 10.1 Å². The molecule has 3 rings (SSSR count). The Morgan fingerprint density at radius 2 is 1.74 bits per heavy atom. The highest BCUT2D eigenvalue weighted by Gasteiger charge is 2.07. The summed E-state index contributed by atoms with van der Waals surface area (Å²) in [5.74, 6) is 2.84. The molecule has 0 saturated heterocycles. The number of carbonyl (C=O) groups is 1. The lowest BCUT2D eigenvalue weighted by Crippen LogP contribution is -2.22. The number of rotatable bonds is 6. The lowest BCUT2D eigenvalue weighted by Gasteiger charge is -2.08. The molecule has 2 aromatic carbocycles. The fourth-order valence-corrected chi connectivity index (χ4v) is 2.61. The molecule has 0 aliphatic carbocycles. The SMILES string of the molecule is C#Cc1ccc(CNC(=O)c2ccc(OCc3ccc(Br)cc3)nc2)cc1. The fourth-order valence-electron chi connectivity index (χ4n) is 2.34. The number of benzene rings is 2. The van der Waals surface area contributed by atoms with Crippen molar-refractivity contribution >= 4 is 21.8 Å². The molecule has 0 unspecified atom stereocenters. The zero-order valence-corrected chi connectivity index (χ0v) is 16.1. The van der Waals surface area contributed by atoms with E-state index in [-0.39, 0.29) is 5.91 Å². The van der Waals surface area contributed by atoms with Crippen molar-refractivity contribution in [1.82, 2.24) is 10.3 Å². The Morgan fingerprint density at radius 3 is 2.37 bits per heavy atom. The van der Waals surface area contributed by atoms with Crippen molar-refractivity contribution in [3.8, 4) is 18.2 Å². The third-order valence-electron chi connectivity index (χ3n) is 3.87. The Morgan fingerprint density at radius 1 is 1.04 bits per heavy atom. The summed E-state index contributed by atoms with van der Waals surface area (Å²) in [6.45, 7) is 0.838. The van der Waals surface area contributed by atoms with Crippen LogP contribution in [-0.4, -0.2) is 10.9 Å². The Balaban J connectivity index is 1.52. The van der Waals surface area contributed by atoms with E-state index >= 15 is 0 Å². The molecule has 0 atom stereocenters. The number of hydrogen-bond donors (Lipinski definition) is 1. The van der Waals surface area contributed by atoms with Crippen molar-refractivity contribution in [2.24, 2.45) is 0 Å². The summed E-state index contributed by atoms with van der Waals surface area (Å²) in [6.07, 6.45) is 6.84. The van der Waals surface area contributed by atoms with Crippen LogP contribution in [0.1, 0.15) is 27.0 Å². The number of nitrogens with zero attached hydrogens (tertiary/aromatic N) is 1. The number of amides is 1. The molecule has 0 saturated carbocycles. The van der Waals surface area contributed by atoms with Crippen molar-refractivity contribution in [2.45, 2.75) is 13.2 Å². The predicted octanol–water partition coefficient (Wildman–Crippen LogP) is 4.33. The number of nitrogens with one attached hydrogen (secondary N) is 1. The van der Waals surface area contributed by atoms with Gasteiger partial charge in [0, 0.05) is 28.8 Å². The Bertz CT molecular complexity index is 944. The maximum absolute atomic E-state index is 12.2. The third-order valence-corrected chi connectivity index (χ3v) is 4.40. The Hall–Kier alpha value is -3.10. The molecule has 1 aromatic heterocycles. The topological polar surface area (TPSA) is 51.2 Å². The molecule has 1 amide bonds. The molecule has 1 heterocycles. The van der Waals surface area contributed by atoms with Gasteiger partial charge in [0.1, 0.15) is 6.61 Å². The van der Waals surface area contributed by atoms with Crippen molar-refractivity contribution < 1.29 is 9.53 Å². The Kier molecular flexibility index (Phi) is 6.24. The summed E-state index contributed by atoms with van der Waals surface area (Å²) in [6, 6.07) is 18.7. The molecular weight excluding hydrogens is 404 g/mol. The standard InChI is InChI=1S/C22H17BrN2O2/c1-2-16-3-5-17(6-4-16)13-25-22(26)19-9-12-21(24-14-19)27-15-18-7-10-20(23)11-8-18/h1,3-12,14H,13,15H2,(H,25,26). The van der Waals surface area contributed by atoms with E-state index in [4.69, 9.17) is 11.2 Å². The largest absolute Gasteiger partial charge is 0.473 e. The smallest absolute Gasteiger partial charge is 0.253 e. The minimum Gasteiger partial charge on any atom is -0.473 e. The number of hydrogen-bond acceptors (Lipinski definition) is 3. The van der Waals surface area contributed by atoms with Gasteiger partial charge in [-0.1, -0.05) is 46.1 Å². The number of carbonyl (C=O) groups excluding carboxylic acids is 1. The van der Waals surface area contributed by atoms with Gasteiger partial charge in [-0.2, -0.15) is 0 Å². The molecule has 4 nitrogen and oxygen atoms in total. The molecule has 0 radical (unpaired) electrons. The van der Waals surface area contributed by atoms with Crippen LogP contribution in [0.3, 0.4) is 0 Å². The monoisotopic (exact) mass is 420 g/mol. The van der Waals surface area contributed by atoms with Crippen LogP contribution in [0.25, 0.3) is 0 Å². The molecule has 134 valence electrons. The maximum atomic E-state index is 12.2. The van der Waals surface area contributed by atoms with Gasteiger partial charge in [0.2, 0.25) is 5.88 Å². The van der Waals surface area contributed by atoms with E-state index < -0.39 is 0 Å². The highest BCUT2D eigenvalue weighted by molar-refractivity contribution is 9.10. The van der Waals surface area contributed by atoms with Gasteiger partial charge in [0.15, 0.2) is 0 Å². The van der Waals surface area contributed by atoms with E-state index in [0.717, 1.165) is 21.2 Å². The molecule has 0 fully saturated rings. The van der Waals surface area contributed by atoms with Gasteiger partial charge >= 0.3 is 0 Å². The quantitative estimate of drug-likeness (QED) is 0.603. The van der Waals surface area contributed by atoms with Crippen molar-refractivity contribution in [3.05, 3.63) is 93.6 Å². The fraction of sp³-hybridized carbons (Fsp3) is 0.0909. The first-order valence-electron chi connectivity index (χ1n) is 8.31. The summed E-state index contributed by atoms with van der Waals surface area (Å²) in [4.78, 5) is 16.4. The average molecular weight is 421 g/mol. The second-order valence-corrected chi connectivity index (χ2v) is 6.74. The molecular formula is C22H17BrN2O2.